The first-order valence-corrected chi connectivity index (χ1v) is 8.27. The highest BCUT2D eigenvalue weighted by molar-refractivity contribution is 5.96. The number of halogens is 3. The number of nitrogens with zero attached hydrogens (tertiary/aromatic N) is 2. The Morgan fingerprint density at radius 2 is 1.59 bits per heavy atom. The Balaban J connectivity index is 1.92. The molecule has 0 aliphatic heterocycles. The van der Waals surface area contributed by atoms with Crippen LogP contribution in [-0.2, 0) is 6.30 Å². The molecule has 4 aromatic rings. The molecule has 27 heavy (non-hydrogen) atoms. The molecule has 0 aliphatic rings. The Morgan fingerprint density at radius 3 is 2.30 bits per heavy atom. The van der Waals surface area contributed by atoms with E-state index >= 15 is 0 Å². The molecule has 0 unspecified atom stereocenters. The van der Waals surface area contributed by atoms with E-state index in [4.69, 9.17) is 4.74 Å². The summed E-state index contributed by atoms with van der Waals surface area (Å²) in [5, 5.41) is 5.45. The van der Waals surface area contributed by atoms with Gasteiger partial charge in [0.25, 0.3) is 0 Å². The topological polar surface area (TPSA) is 27.1 Å². The van der Waals surface area contributed by atoms with Crippen molar-refractivity contribution in [3.63, 3.8) is 0 Å². The maximum Gasteiger partial charge on any atom is 0.505 e. The number of ether oxygens (including phenoxy) is 1. The lowest BCUT2D eigenvalue weighted by Gasteiger charge is -2.12. The normalized spacial score (nSPS) is 11.7. The average Bonchev–Trinajstić information content (AvgIpc) is 3.13. The van der Waals surface area contributed by atoms with Crippen molar-refractivity contribution in [1.82, 2.24) is 9.78 Å². The van der Waals surface area contributed by atoms with Crippen LogP contribution in [0.3, 0.4) is 0 Å². The minimum absolute atomic E-state index is 0.00474. The van der Waals surface area contributed by atoms with Gasteiger partial charge in [-0.3, -0.25) is 0 Å². The summed E-state index contributed by atoms with van der Waals surface area (Å²) >= 11 is 0. The molecule has 0 atom stereocenters. The van der Waals surface area contributed by atoms with E-state index in [9.17, 15) is 13.2 Å². The minimum Gasteiger partial charge on any atom is -0.497 e. The summed E-state index contributed by atoms with van der Waals surface area (Å²) in [4.78, 5) is 0. The lowest BCUT2D eigenvalue weighted by molar-refractivity contribution is -0.210. The molecule has 0 saturated carbocycles. The van der Waals surface area contributed by atoms with Crippen molar-refractivity contribution in [2.45, 2.75) is 6.30 Å². The van der Waals surface area contributed by atoms with E-state index in [1.54, 1.807) is 36.4 Å². The van der Waals surface area contributed by atoms with Crippen molar-refractivity contribution in [3.8, 4) is 28.3 Å². The molecule has 136 valence electrons. The van der Waals surface area contributed by atoms with Crippen molar-refractivity contribution in [1.29, 1.82) is 0 Å². The summed E-state index contributed by atoms with van der Waals surface area (Å²) in [6, 6.07) is 20.9. The molecular weight excluding hydrogens is 353 g/mol. The fraction of sp³-hybridized carbons (Fsp3) is 0.0952. The first-order valence-electron chi connectivity index (χ1n) is 8.27. The standard InChI is InChI=1S/C21H15F3N2O/c1-27-16-11-9-15(10-12-16)19-13-20(26(25-19)21(22,23)24)18-8-4-6-14-5-2-3-7-17(14)18/h2-13H,1H3. The monoisotopic (exact) mass is 368 g/mol. The van der Waals surface area contributed by atoms with E-state index in [0.29, 0.717) is 16.9 Å². The number of fused-ring (bicyclic) bond motifs is 1. The Morgan fingerprint density at radius 1 is 0.889 bits per heavy atom. The number of aromatic nitrogens is 2. The molecule has 4 rings (SSSR count). The van der Waals surface area contributed by atoms with Crippen LogP contribution in [-0.4, -0.2) is 16.9 Å². The summed E-state index contributed by atoms with van der Waals surface area (Å²) in [5.41, 5.74) is 1.32. The van der Waals surface area contributed by atoms with Crippen molar-refractivity contribution in [2.75, 3.05) is 7.11 Å². The third-order valence-electron chi connectivity index (χ3n) is 4.40. The second-order valence-corrected chi connectivity index (χ2v) is 6.05. The van der Waals surface area contributed by atoms with Crippen LogP contribution in [0.5, 0.6) is 5.75 Å². The lowest BCUT2D eigenvalue weighted by atomic mass is 10.0. The van der Waals surface area contributed by atoms with Gasteiger partial charge in [0.15, 0.2) is 0 Å². The van der Waals surface area contributed by atoms with E-state index in [1.165, 1.54) is 13.2 Å². The van der Waals surface area contributed by atoms with Crippen LogP contribution in [0.4, 0.5) is 13.2 Å². The number of methoxy groups -OCH3 is 1. The summed E-state index contributed by atoms with van der Waals surface area (Å²) in [6.45, 7) is 0. The van der Waals surface area contributed by atoms with E-state index in [2.05, 4.69) is 5.10 Å². The van der Waals surface area contributed by atoms with Crippen LogP contribution in [0.15, 0.2) is 72.8 Å². The smallest absolute Gasteiger partial charge is 0.497 e. The van der Waals surface area contributed by atoms with Gasteiger partial charge < -0.3 is 4.74 Å². The summed E-state index contributed by atoms with van der Waals surface area (Å²) < 4.78 is 46.2. The molecule has 6 heteroatoms. The highest BCUT2D eigenvalue weighted by Crippen LogP contribution is 2.36. The lowest BCUT2D eigenvalue weighted by Crippen LogP contribution is -2.19. The van der Waals surface area contributed by atoms with E-state index < -0.39 is 6.30 Å². The highest BCUT2D eigenvalue weighted by atomic mass is 19.4. The summed E-state index contributed by atoms with van der Waals surface area (Å²) in [6.07, 6.45) is -4.63. The fourth-order valence-corrected chi connectivity index (χ4v) is 3.12. The van der Waals surface area contributed by atoms with Gasteiger partial charge in [-0.25, -0.2) is 0 Å². The zero-order valence-electron chi connectivity index (χ0n) is 14.4. The van der Waals surface area contributed by atoms with Crippen LogP contribution in [0, 0.1) is 0 Å². The molecule has 0 bridgehead atoms. The number of alkyl halides is 3. The highest BCUT2D eigenvalue weighted by Gasteiger charge is 2.35. The van der Waals surface area contributed by atoms with Crippen LogP contribution in [0.2, 0.25) is 0 Å². The molecule has 0 saturated heterocycles. The third kappa shape index (κ3) is 3.14. The summed E-state index contributed by atoms with van der Waals surface area (Å²) in [7, 11) is 1.53. The Hall–Kier alpha value is -3.28. The zero-order chi connectivity index (χ0) is 19.0. The molecule has 0 N–H and O–H groups in total. The molecule has 0 aliphatic carbocycles. The van der Waals surface area contributed by atoms with Crippen molar-refractivity contribution >= 4 is 10.8 Å². The van der Waals surface area contributed by atoms with E-state index in [-0.39, 0.29) is 16.1 Å². The molecule has 0 radical (unpaired) electrons. The Bertz CT molecular complexity index is 1090. The van der Waals surface area contributed by atoms with Gasteiger partial charge >= 0.3 is 6.30 Å². The van der Waals surface area contributed by atoms with Crippen molar-refractivity contribution in [3.05, 3.63) is 72.8 Å². The molecule has 1 heterocycles. The van der Waals surface area contributed by atoms with Gasteiger partial charge in [-0.05, 0) is 41.1 Å². The quantitative estimate of drug-likeness (QED) is 0.453. The molecule has 1 aromatic heterocycles. The molecule has 3 aromatic carbocycles. The molecule has 0 spiro atoms. The van der Waals surface area contributed by atoms with E-state index in [1.807, 2.05) is 30.3 Å². The predicted octanol–water partition coefficient (Wildman–Crippen LogP) is 5.86. The number of hydrogen-bond acceptors (Lipinski definition) is 2. The SMILES string of the molecule is COc1ccc(-c2cc(-c3cccc4ccccc34)n(C(F)(F)F)n2)cc1. The molecular formula is C21H15F3N2O. The average molecular weight is 368 g/mol. The van der Waals surface area contributed by atoms with Gasteiger partial charge in [-0.1, -0.05) is 42.5 Å². The Labute approximate surface area is 153 Å². The van der Waals surface area contributed by atoms with Crippen LogP contribution < -0.4 is 4.74 Å². The van der Waals surface area contributed by atoms with Crippen LogP contribution >= 0.6 is 0 Å². The maximum absolute atomic E-state index is 13.7. The van der Waals surface area contributed by atoms with Gasteiger partial charge in [-0.2, -0.15) is 9.78 Å². The van der Waals surface area contributed by atoms with Gasteiger partial charge in [0.1, 0.15) is 5.75 Å². The Kier molecular flexibility index (Phi) is 4.11. The summed E-state index contributed by atoms with van der Waals surface area (Å²) in [5.74, 6) is 0.628. The second kappa shape index (κ2) is 6.46. The largest absolute Gasteiger partial charge is 0.505 e. The number of benzene rings is 3. The van der Waals surface area contributed by atoms with Gasteiger partial charge in [0, 0.05) is 11.1 Å². The number of rotatable bonds is 3. The third-order valence-corrected chi connectivity index (χ3v) is 4.40. The molecule has 0 fully saturated rings. The van der Waals surface area contributed by atoms with Crippen LogP contribution in [0.25, 0.3) is 33.3 Å². The predicted molar refractivity (Wildman–Crippen MR) is 98.5 cm³/mol. The first kappa shape index (κ1) is 17.1. The first-order chi connectivity index (χ1) is 13.0. The van der Waals surface area contributed by atoms with Gasteiger partial charge in [-0.15, -0.1) is 13.2 Å². The minimum atomic E-state index is -4.63. The van der Waals surface area contributed by atoms with E-state index in [0.717, 1.165) is 10.8 Å². The fourth-order valence-electron chi connectivity index (χ4n) is 3.12. The van der Waals surface area contributed by atoms with Gasteiger partial charge in [0.2, 0.25) is 0 Å². The van der Waals surface area contributed by atoms with Crippen molar-refractivity contribution < 1.29 is 17.9 Å². The zero-order valence-corrected chi connectivity index (χ0v) is 14.4. The van der Waals surface area contributed by atoms with Crippen LogP contribution in [0.1, 0.15) is 0 Å². The maximum atomic E-state index is 13.7. The molecule has 0 amide bonds. The van der Waals surface area contributed by atoms with Crippen molar-refractivity contribution in [2.24, 2.45) is 0 Å². The van der Waals surface area contributed by atoms with Gasteiger partial charge in [0.05, 0.1) is 18.5 Å². The number of hydrogen-bond donors (Lipinski definition) is 0. The second-order valence-electron chi connectivity index (χ2n) is 6.05. The molecule has 3 nitrogen and oxygen atoms in total.